The molecule has 0 saturated carbocycles. The van der Waals surface area contributed by atoms with Crippen LogP contribution in [0.4, 0.5) is 5.69 Å². The van der Waals surface area contributed by atoms with E-state index in [0.29, 0.717) is 23.6 Å². The number of non-ortho nitro benzene ring substituents is 1. The first-order valence-electron chi connectivity index (χ1n) is 7.20. The summed E-state index contributed by atoms with van der Waals surface area (Å²) in [6, 6.07) is 4.44. The average molecular weight is 291 g/mol. The number of carbonyl (C=O) groups excluding carboxylic acids is 1. The van der Waals surface area contributed by atoms with E-state index in [4.69, 9.17) is 5.73 Å². The number of nitro benzene ring substituents is 1. The number of nitrogens with two attached hydrogens (primary N) is 1. The smallest absolute Gasteiger partial charge is 0.269 e. The van der Waals surface area contributed by atoms with Gasteiger partial charge in [0.1, 0.15) is 0 Å². The predicted octanol–water partition coefficient (Wildman–Crippen LogP) is 2.10. The number of amides is 1. The molecule has 1 aromatic carbocycles. The third-order valence-corrected chi connectivity index (χ3v) is 4.14. The van der Waals surface area contributed by atoms with E-state index in [2.05, 4.69) is 0 Å². The molecule has 0 aliphatic carbocycles. The highest BCUT2D eigenvalue weighted by molar-refractivity contribution is 5.96. The molecular weight excluding hydrogens is 270 g/mol. The molecule has 2 atom stereocenters. The van der Waals surface area contributed by atoms with Crippen molar-refractivity contribution >= 4 is 11.6 Å². The lowest BCUT2D eigenvalue weighted by Crippen LogP contribution is -2.45. The molecule has 1 fully saturated rings. The van der Waals surface area contributed by atoms with Crippen molar-refractivity contribution < 1.29 is 9.72 Å². The van der Waals surface area contributed by atoms with Crippen molar-refractivity contribution in [2.45, 2.75) is 32.7 Å². The average Bonchev–Trinajstić information content (AvgIpc) is 2.46. The number of rotatable bonds is 3. The van der Waals surface area contributed by atoms with Gasteiger partial charge in [-0.3, -0.25) is 14.9 Å². The molecule has 0 radical (unpaired) electrons. The number of hydrogen-bond donors (Lipinski definition) is 1. The van der Waals surface area contributed by atoms with Crippen LogP contribution < -0.4 is 5.73 Å². The molecule has 114 valence electrons. The zero-order valence-electron chi connectivity index (χ0n) is 12.4. The van der Waals surface area contributed by atoms with Crippen LogP contribution in [0.2, 0.25) is 0 Å². The van der Waals surface area contributed by atoms with Gasteiger partial charge in [-0.2, -0.15) is 0 Å². The van der Waals surface area contributed by atoms with Gasteiger partial charge < -0.3 is 10.6 Å². The Kier molecular flexibility index (Phi) is 4.57. The quantitative estimate of drug-likeness (QED) is 0.682. The molecule has 21 heavy (non-hydrogen) atoms. The van der Waals surface area contributed by atoms with Crippen LogP contribution in [0.15, 0.2) is 18.2 Å². The van der Waals surface area contributed by atoms with Gasteiger partial charge in [-0.15, -0.1) is 0 Å². The van der Waals surface area contributed by atoms with Crippen molar-refractivity contribution in [1.82, 2.24) is 4.90 Å². The van der Waals surface area contributed by atoms with Crippen molar-refractivity contribution in [3.05, 3.63) is 39.4 Å². The number of hydrogen-bond acceptors (Lipinski definition) is 4. The summed E-state index contributed by atoms with van der Waals surface area (Å²) in [4.78, 5) is 24.7. The van der Waals surface area contributed by atoms with E-state index in [9.17, 15) is 14.9 Å². The Morgan fingerprint density at radius 2 is 2.24 bits per heavy atom. The number of nitro groups is 1. The first-order valence-corrected chi connectivity index (χ1v) is 7.20. The molecule has 2 rings (SSSR count). The summed E-state index contributed by atoms with van der Waals surface area (Å²) in [7, 11) is 0. The van der Waals surface area contributed by atoms with Gasteiger partial charge in [-0.05, 0) is 44.2 Å². The van der Waals surface area contributed by atoms with Gasteiger partial charge in [0.2, 0.25) is 0 Å². The molecule has 1 heterocycles. The highest BCUT2D eigenvalue weighted by atomic mass is 16.6. The van der Waals surface area contributed by atoms with Crippen LogP contribution in [0.1, 0.15) is 35.7 Å². The van der Waals surface area contributed by atoms with E-state index in [-0.39, 0.29) is 17.6 Å². The Labute approximate surface area is 124 Å². The Morgan fingerprint density at radius 3 is 2.81 bits per heavy atom. The summed E-state index contributed by atoms with van der Waals surface area (Å²) in [6.45, 7) is 5.08. The monoisotopic (exact) mass is 291 g/mol. The van der Waals surface area contributed by atoms with Crippen LogP contribution in [0, 0.1) is 23.0 Å². The zero-order valence-corrected chi connectivity index (χ0v) is 12.4. The second-order valence-corrected chi connectivity index (χ2v) is 5.77. The number of nitrogens with zero attached hydrogens (tertiary/aromatic N) is 2. The number of benzene rings is 1. The lowest BCUT2D eigenvalue weighted by Gasteiger charge is -2.34. The van der Waals surface area contributed by atoms with Crippen LogP contribution in [-0.4, -0.2) is 34.9 Å². The van der Waals surface area contributed by atoms with Crippen molar-refractivity contribution in [1.29, 1.82) is 0 Å². The Balaban J connectivity index is 2.18. The maximum Gasteiger partial charge on any atom is 0.269 e. The maximum absolute atomic E-state index is 12.6. The van der Waals surface area contributed by atoms with E-state index in [0.717, 1.165) is 19.4 Å². The number of carbonyl (C=O) groups is 1. The van der Waals surface area contributed by atoms with Crippen LogP contribution in [0.3, 0.4) is 0 Å². The topological polar surface area (TPSA) is 89.5 Å². The van der Waals surface area contributed by atoms with Gasteiger partial charge in [0.15, 0.2) is 0 Å². The second-order valence-electron chi connectivity index (χ2n) is 5.77. The Bertz CT molecular complexity index is 557. The van der Waals surface area contributed by atoms with Gasteiger partial charge >= 0.3 is 0 Å². The third-order valence-electron chi connectivity index (χ3n) is 4.14. The molecule has 2 N–H and O–H groups in total. The van der Waals surface area contributed by atoms with Gasteiger partial charge in [0.25, 0.3) is 11.6 Å². The van der Waals surface area contributed by atoms with Gasteiger partial charge in [-0.25, -0.2) is 0 Å². The van der Waals surface area contributed by atoms with Gasteiger partial charge in [0, 0.05) is 36.8 Å². The van der Waals surface area contributed by atoms with Crippen LogP contribution in [0.5, 0.6) is 0 Å². The molecule has 6 nitrogen and oxygen atoms in total. The first kappa shape index (κ1) is 15.4. The van der Waals surface area contributed by atoms with Crippen molar-refractivity contribution in [2.24, 2.45) is 11.7 Å². The largest absolute Gasteiger partial charge is 0.338 e. The minimum atomic E-state index is -0.450. The number of likely N-dealkylation sites (tertiary alicyclic amines) is 1. The summed E-state index contributed by atoms with van der Waals surface area (Å²) >= 11 is 0. The highest BCUT2D eigenvalue weighted by Crippen LogP contribution is 2.23. The number of aryl methyl sites for hydroxylation is 1. The Morgan fingerprint density at radius 1 is 1.52 bits per heavy atom. The normalized spacial score (nSPS) is 20.1. The number of piperidine rings is 1. The molecule has 1 aliphatic heterocycles. The predicted molar refractivity (Wildman–Crippen MR) is 80.1 cm³/mol. The standard InChI is InChI=1S/C15H21N3O3/c1-10-8-13(18(20)21)5-6-14(10)15(19)17-7-3-4-12(9-17)11(2)16/h5-6,8,11-12H,3-4,7,9,16H2,1-2H3/t11-,12+/m1/s1. The summed E-state index contributed by atoms with van der Waals surface area (Å²) in [6.07, 6.45) is 1.99. The molecule has 0 spiro atoms. The van der Waals surface area contributed by atoms with E-state index >= 15 is 0 Å². The molecule has 0 aromatic heterocycles. The van der Waals surface area contributed by atoms with Crippen LogP contribution in [0.25, 0.3) is 0 Å². The second kappa shape index (κ2) is 6.22. The molecule has 6 heteroatoms. The van der Waals surface area contributed by atoms with Gasteiger partial charge in [-0.1, -0.05) is 0 Å². The molecule has 1 amide bonds. The zero-order chi connectivity index (χ0) is 15.6. The minimum Gasteiger partial charge on any atom is -0.338 e. The summed E-state index contributed by atoms with van der Waals surface area (Å²) < 4.78 is 0. The van der Waals surface area contributed by atoms with Crippen molar-refractivity contribution in [2.75, 3.05) is 13.1 Å². The minimum absolute atomic E-state index is 0.0103. The summed E-state index contributed by atoms with van der Waals surface area (Å²) in [5.41, 5.74) is 7.12. The van der Waals surface area contributed by atoms with Crippen molar-refractivity contribution in [3.63, 3.8) is 0 Å². The molecule has 1 aromatic rings. The summed E-state index contributed by atoms with van der Waals surface area (Å²) in [5, 5.41) is 10.8. The lowest BCUT2D eigenvalue weighted by molar-refractivity contribution is -0.384. The first-order chi connectivity index (χ1) is 9.90. The lowest BCUT2D eigenvalue weighted by atomic mass is 9.91. The highest BCUT2D eigenvalue weighted by Gasteiger charge is 2.27. The van der Waals surface area contributed by atoms with E-state index in [1.54, 1.807) is 13.0 Å². The molecule has 1 saturated heterocycles. The Hall–Kier alpha value is -1.95. The van der Waals surface area contributed by atoms with Crippen LogP contribution in [-0.2, 0) is 0 Å². The van der Waals surface area contributed by atoms with Crippen molar-refractivity contribution in [3.8, 4) is 0 Å². The molecular formula is C15H21N3O3. The third kappa shape index (κ3) is 3.39. The molecule has 1 aliphatic rings. The van der Waals surface area contributed by atoms with E-state index in [1.165, 1.54) is 12.1 Å². The fraction of sp³-hybridized carbons (Fsp3) is 0.533. The fourth-order valence-corrected chi connectivity index (χ4v) is 2.80. The maximum atomic E-state index is 12.6. The van der Waals surface area contributed by atoms with E-state index in [1.807, 2.05) is 11.8 Å². The van der Waals surface area contributed by atoms with E-state index < -0.39 is 4.92 Å². The summed E-state index contributed by atoms with van der Waals surface area (Å²) in [5.74, 6) is 0.258. The SMILES string of the molecule is Cc1cc([N+](=O)[O-])ccc1C(=O)N1CCC[C@H]([C@@H](C)N)C1. The molecule has 0 bridgehead atoms. The van der Waals surface area contributed by atoms with Gasteiger partial charge in [0.05, 0.1) is 4.92 Å². The fourth-order valence-electron chi connectivity index (χ4n) is 2.80. The molecule has 0 unspecified atom stereocenters. The van der Waals surface area contributed by atoms with Crippen LogP contribution >= 0.6 is 0 Å².